The van der Waals surface area contributed by atoms with Crippen molar-refractivity contribution >= 4 is 23.2 Å². The molecule has 158 valence electrons. The van der Waals surface area contributed by atoms with Crippen molar-refractivity contribution in [3.8, 4) is 5.75 Å². The van der Waals surface area contributed by atoms with Gasteiger partial charge >= 0.3 is 6.18 Å². The van der Waals surface area contributed by atoms with Gasteiger partial charge in [-0.25, -0.2) is 4.90 Å². The Morgan fingerprint density at radius 3 is 2.20 bits per heavy atom. The summed E-state index contributed by atoms with van der Waals surface area (Å²) in [5, 5.41) is 9.41. The van der Waals surface area contributed by atoms with Crippen LogP contribution in [0.1, 0.15) is 12.0 Å². The predicted molar refractivity (Wildman–Crippen MR) is 104 cm³/mol. The number of amides is 2. The van der Waals surface area contributed by atoms with Crippen LogP contribution < -0.4 is 9.80 Å². The number of alkyl halides is 3. The number of rotatable bonds is 3. The number of halogens is 3. The molecule has 2 aliphatic heterocycles. The average molecular weight is 419 g/mol. The molecule has 2 aromatic carbocycles. The molecule has 0 radical (unpaired) electrons. The van der Waals surface area contributed by atoms with E-state index >= 15 is 0 Å². The highest BCUT2D eigenvalue weighted by Gasteiger charge is 2.44. The Balaban J connectivity index is 1.45. The van der Waals surface area contributed by atoms with Gasteiger partial charge in [0, 0.05) is 31.9 Å². The normalized spacial score (nSPS) is 20.8. The molecule has 1 atom stereocenters. The summed E-state index contributed by atoms with van der Waals surface area (Å²) in [5.74, 6) is -0.801. The van der Waals surface area contributed by atoms with Crippen LogP contribution in [0.15, 0.2) is 48.5 Å². The summed E-state index contributed by atoms with van der Waals surface area (Å²) in [4.78, 5) is 30.3. The van der Waals surface area contributed by atoms with E-state index in [1.807, 2.05) is 17.0 Å². The number of piperazine rings is 1. The lowest BCUT2D eigenvalue weighted by Gasteiger charge is -2.38. The second-order valence-corrected chi connectivity index (χ2v) is 7.37. The van der Waals surface area contributed by atoms with E-state index in [-0.39, 0.29) is 17.9 Å². The summed E-state index contributed by atoms with van der Waals surface area (Å²) in [7, 11) is 0. The van der Waals surface area contributed by atoms with Crippen molar-refractivity contribution in [2.24, 2.45) is 0 Å². The minimum Gasteiger partial charge on any atom is -0.508 e. The first-order valence-corrected chi connectivity index (χ1v) is 9.56. The second kappa shape index (κ2) is 7.64. The van der Waals surface area contributed by atoms with E-state index in [0.717, 1.165) is 22.7 Å². The van der Waals surface area contributed by atoms with Crippen molar-refractivity contribution in [2.45, 2.75) is 18.6 Å². The van der Waals surface area contributed by atoms with Gasteiger partial charge in [0.2, 0.25) is 5.91 Å². The number of phenolic OH excluding ortho intramolecular Hbond substituents is 1. The zero-order valence-corrected chi connectivity index (χ0v) is 16.0. The average Bonchev–Trinajstić information content (AvgIpc) is 3.02. The zero-order valence-electron chi connectivity index (χ0n) is 16.0. The van der Waals surface area contributed by atoms with Gasteiger partial charge in [-0.3, -0.25) is 14.5 Å². The number of benzene rings is 2. The van der Waals surface area contributed by atoms with Crippen LogP contribution in [0.5, 0.6) is 5.75 Å². The van der Waals surface area contributed by atoms with E-state index < -0.39 is 29.6 Å². The van der Waals surface area contributed by atoms with Crippen LogP contribution in [0.25, 0.3) is 0 Å². The van der Waals surface area contributed by atoms with Crippen LogP contribution in [0, 0.1) is 0 Å². The Hall–Kier alpha value is -3.07. The molecule has 0 bridgehead atoms. The minimum absolute atomic E-state index is 0.0473. The number of hydrogen-bond acceptors (Lipinski definition) is 5. The summed E-state index contributed by atoms with van der Waals surface area (Å²) in [6.45, 7) is 2.35. The molecule has 2 saturated heterocycles. The fraction of sp³-hybridized carbons (Fsp3) is 0.333. The molecule has 0 aromatic heterocycles. The number of anilines is 2. The van der Waals surface area contributed by atoms with Crippen molar-refractivity contribution in [2.75, 3.05) is 36.0 Å². The third kappa shape index (κ3) is 3.85. The molecule has 0 aliphatic carbocycles. The monoisotopic (exact) mass is 419 g/mol. The molecule has 2 heterocycles. The molecule has 1 N–H and O–H groups in total. The fourth-order valence-electron chi connectivity index (χ4n) is 3.95. The van der Waals surface area contributed by atoms with Gasteiger partial charge in [0.25, 0.3) is 5.91 Å². The van der Waals surface area contributed by atoms with Gasteiger partial charge in [-0.2, -0.15) is 13.2 Å². The number of imide groups is 1. The van der Waals surface area contributed by atoms with Crippen LogP contribution in [-0.4, -0.2) is 54.0 Å². The number of phenols is 1. The third-order valence-electron chi connectivity index (χ3n) is 5.52. The van der Waals surface area contributed by atoms with Crippen molar-refractivity contribution < 1.29 is 27.9 Å². The molecule has 9 heteroatoms. The smallest absolute Gasteiger partial charge is 0.416 e. The van der Waals surface area contributed by atoms with Gasteiger partial charge in [-0.1, -0.05) is 6.07 Å². The molecule has 0 saturated carbocycles. The number of carbonyl (C=O) groups is 2. The first-order valence-electron chi connectivity index (χ1n) is 9.56. The second-order valence-electron chi connectivity index (χ2n) is 7.37. The van der Waals surface area contributed by atoms with Gasteiger partial charge in [0.05, 0.1) is 23.7 Å². The lowest BCUT2D eigenvalue weighted by molar-refractivity contribution is -0.137. The van der Waals surface area contributed by atoms with Crippen molar-refractivity contribution in [1.82, 2.24) is 4.90 Å². The van der Waals surface area contributed by atoms with Crippen molar-refractivity contribution in [3.05, 3.63) is 54.1 Å². The Kier molecular flexibility index (Phi) is 5.15. The van der Waals surface area contributed by atoms with Crippen LogP contribution >= 0.6 is 0 Å². The van der Waals surface area contributed by atoms with Crippen LogP contribution in [0.2, 0.25) is 0 Å². The number of aromatic hydroxyl groups is 1. The highest BCUT2D eigenvalue weighted by Crippen LogP contribution is 2.34. The Morgan fingerprint density at radius 2 is 1.57 bits per heavy atom. The molecule has 2 aliphatic rings. The molecule has 6 nitrogen and oxygen atoms in total. The maximum Gasteiger partial charge on any atom is 0.416 e. The summed E-state index contributed by atoms with van der Waals surface area (Å²) in [6.07, 6.45) is -4.60. The Bertz CT molecular complexity index is 954. The van der Waals surface area contributed by atoms with E-state index in [1.165, 1.54) is 12.1 Å². The standard InChI is InChI=1S/C21H20F3N3O3/c22-21(23,24)14-2-1-3-16(12-14)27-19(29)13-18(20(27)30)26-10-8-25(9-11-26)15-4-6-17(28)7-5-15/h1-7,12,18,28H,8-11,13H2. The quantitative estimate of drug-likeness (QED) is 0.776. The molecule has 30 heavy (non-hydrogen) atoms. The summed E-state index contributed by atoms with van der Waals surface area (Å²) < 4.78 is 39.0. The molecule has 2 amide bonds. The molecule has 2 aromatic rings. The van der Waals surface area contributed by atoms with Gasteiger partial charge in [-0.15, -0.1) is 0 Å². The number of carbonyl (C=O) groups excluding carboxylic acids is 2. The van der Waals surface area contributed by atoms with E-state index in [2.05, 4.69) is 4.90 Å². The highest BCUT2D eigenvalue weighted by molar-refractivity contribution is 6.22. The highest BCUT2D eigenvalue weighted by atomic mass is 19.4. The molecular formula is C21H20F3N3O3. The topological polar surface area (TPSA) is 64.1 Å². The van der Waals surface area contributed by atoms with E-state index in [4.69, 9.17) is 0 Å². The summed E-state index contributed by atoms with van der Waals surface area (Å²) in [5.41, 5.74) is 0.00323. The van der Waals surface area contributed by atoms with E-state index in [1.54, 1.807) is 12.1 Å². The fourth-order valence-corrected chi connectivity index (χ4v) is 3.95. The van der Waals surface area contributed by atoms with E-state index in [0.29, 0.717) is 26.2 Å². The zero-order chi connectivity index (χ0) is 21.5. The van der Waals surface area contributed by atoms with Gasteiger partial charge in [0.15, 0.2) is 0 Å². The first kappa shape index (κ1) is 20.2. The molecular weight excluding hydrogens is 399 g/mol. The predicted octanol–water partition coefficient (Wildman–Crippen LogP) is 2.87. The maximum atomic E-state index is 13.0. The molecule has 2 fully saturated rings. The van der Waals surface area contributed by atoms with Gasteiger partial charge in [0.1, 0.15) is 5.75 Å². The van der Waals surface area contributed by atoms with Crippen LogP contribution in [0.4, 0.5) is 24.5 Å². The molecule has 4 rings (SSSR count). The summed E-state index contributed by atoms with van der Waals surface area (Å²) >= 11 is 0. The first-order chi connectivity index (χ1) is 14.2. The molecule has 1 unspecified atom stereocenters. The third-order valence-corrected chi connectivity index (χ3v) is 5.52. The van der Waals surface area contributed by atoms with Crippen molar-refractivity contribution in [1.29, 1.82) is 0 Å². The van der Waals surface area contributed by atoms with Crippen molar-refractivity contribution in [3.63, 3.8) is 0 Å². The molecule has 0 spiro atoms. The Labute approximate surface area is 171 Å². The number of nitrogens with zero attached hydrogens (tertiary/aromatic N) is 3. The summed E-state index contributed by atoms with van der Waals surface area (Å²) in [6, 6.07) is 10.4. The minimum atomic E-state index is -4.55. The van der Waals surface area contributed by atoms with E-state index in [9.17, 15) is 27.9 Å². The van der Waals surface area contributed by atoms with Gasteiger partial charge in [-0.05, 0) is 42.5 Å². The largest absolute Gasteiger partial charge is 0.508 e. The lowest BCUT2D eigenvalue weighted by Crippen LogP contribution is -2.52. The van der Waals surface area contributed by atoms with Gasteiger partial charge < -0.3 is 10.0 Å². The maximum absolute atomic E-state index is 13.0. The Morgan fingerprint density at radius 1 is 0.900 bits per heavy atom. The lowest BCUT2D eigenvalue weighted by atomic mass is 10.1. The SMILES string of the molecule is O=C1CC(N2CCN(c3ccc(O)cc3)CC2)C(=O)N1c1cccc(C(F)(F)F)c1. The van der Waals surface area contributed by atoms with Crippen LogP contribution in [0.3, 0.4) is 0 Å². The van der Waals surface area contributed by atoms with Crippen LogP contribution in [-0.2, 0) is 15.8 Å². The number of hydrogen-bond donors (Lipinski definition) is 1.